The Bertz CT molecular complexity index is 487. The highest BCUT2D eigenvalue weighted by Crippen LogP contribution is 2.33. The normalized spacial score (nSPS) is 31.2. The Kier molecular flexibility index (Phi) is 3.06. The van der Waals surface area contributed by atoms with Crippen LogP contribution in [0.1, 0.15) is 5.82 Å². The first-order valence-electron chi connectivity index (χ1n) is 6.60. The topological polar surface area (TPSA) is 50.6 Å². The van der Waals surface area contributed by atoms with Crippen molar-refractivity contribution in [3.05, 3.63) is 18.2 Å². The lowest BCUT2D eigenvalue weighted by Gasteiger charge is -2.21. The standard InChI is InChI=1S/C13H20N4O2/c1-15-5-4-14-11(15)8-17-6-9-10(7-17)16(2)13(18)12(9)19-3/h4-5,9-10,12H,6-8H2,1-3H3/t9-,10+,12-/m0/s1. The number of imidazole rings is 1. The van der Waals surface area contributed by atoms with E-state index in [1.165, 1.54) is 0 Å². The summed E-state index contributed by atoms with van der Waals surface area (Å²) in [4.78, 5) is 20.5. The summed E-state index contributed by atoms with van der Waals surface area (Å²) in [6.07, 6.45) is 3.50. The number of hydrogen-bond acceptors (Lipinski definition) is 4. The summed E-state index contributed by atoms with van der Waals surface area (Å²) in [6, 6.07) is 0.276. The molecule has 1 amide bonds. The van der Waals surface area contributed by atoms with Crippen LogP contribution in [0.25, 0.3) is 0 Å². The van der Waals surface area contributed by atoms with Crippen LogP contribution in [0.2, 0.25) is 0 Å². The molecule has 19 heavy (non-hydrogen) atoms. The van der Waals surface area contributed by atoms with E-state index in [2.05, 4.69) is 9.88 Å². The summed E-state index contributed by atoms with van der Waals surface area (Å²) in [6.45, 7) is 2.63. The van der Waals surface area contributed by atoms with E-state index in [0.29, 0.717) is 0 Å². The van der Waals surface area contributed by atoms with Crippen LogP contribution in [-0.4, -0.2) is 64.7 Å². The third-order valence-electron chi connectivity index (χ3n) is 4.43. The Labute approximate surface area is 113 Å². The minimum Gasteiger partial charge on any atom is -0.371 e. The highest BCUT2D eigenvalue weighted by atomic mass is 16.5. The maximum Gasteiger partial charge on any atom is 0.252 e. The molecule has 2 aliphatic heterocycles. The minimum atomic E-state index is -0.277. The zero-order valence-corrected chi connectivity index (χ0v) is 11.6. The average Bonchev–Trinajstić information content (AvgIpc) is 3.02. The second kappa shape index (κ2) is 4.61. The molecule has 2 aliphatic rings. The van der Waals surface area contributed by atoms with Gasteiger partial charge in [-0.3, -0.25) is 9.69 Å². The van der Waals surface area contributed by atoms with Crippen LogP contribution in [0, 0.1) is 5.92 Å². The predicted octanol–water partition coefficient (Wildman–Crippen LogP) is -0.292. The fraction of sp³-hybridized carbons (Fsp3) is 0.692. The van der Waals surface area contributed by atoms with Crippen molar-refractivity contribution in [2.45, 2.75) is 18.7 Å². The number of carbonyl (C=O) groups excluding carboxylic acids is 1. The molecule has 2 saturated heterocycles. The summed E-state index contributed by atoms with van der Waals surface area (Å²) in [5.41, 5.74) is 0. The fourth-order valence-corrected chi connectivity index (χ4v) is 3.30. The van der Waals surface area contributed by atoms with Crippen LogP contribution in [-0.2, 0) is 23.1 Å². The van der Waals surface area contributed by atoms with Gasteiger partial charge < -0.3 is 14.2 Å². The first-order chi connectivity index (χ1) is 9.11. The van der Waals surface area contributed by atoms with Crippen LogP contribution in [0.3, 0.4) is 0 Å². The lowest BCUT2D eigenvalue weighted by Crippen LogP contribution is -2.36. The summed E-state index contributed by atoms with van der Waals surface area (Å²) in [7, 11) is 5.51. The molecule has 2 fully saturated rings. The fourth-order valence-electron chi connectivity index (χ4n) is 3.30. The maximum absolute atomic E-state index is 12.0. The van der Waals surface area contributed by atoms with Gasteiger partial charge in [0.1, 0.15) is 11.9 Å². The third kappa shape index (κ3) is 1.95. The molecule has 3 rings (SSSR count). The summed E-state index contributed by atoms with van der Waals surface area (Å²) in [5.74, 6) is 1.46. The van der Waals surface area contributed by atoms with Gasteiger partial charge in [0, 0.05) is 52.6 Å². The number of carbonyl (C=O) groups is 1. The number of hydrogen-bond donors (Lipinski definition) is 0. The molecule has 3 heterocycles. The number of amides is 1. The number of likely N-dealkylation sites (tertiary alicyclic amines) is 2. The summed E-state index contributed by atoms with van der Waals surface area (Å²) < 4.78 is 7.41. The molecule has 1 aromatic rings. The molecule has 0 unspecified atom stereocenters. The quantitative estimate of drug-likeness (QED) is 0.752. The van der Waals surface area contributed by atoms with E-state index in [-0.39, 0.29) is 24.0 Å². The van der Waals surface area contributed by atoms with Crippen LogP contribution < -0.4 is 0 Å². The first-order valence-corrected chi connectivity index (χ1v) is 6.60. The molecule has 6 heteroatoms. The Morgan fingerprint density at radius 2 is 2.21 bits per heavy atom. The van der Waals surface area contributed by atoms with E-state index in [1.54, 1.807) is 7.11 Å². The number of nitrogens with zero attached hydrogens (tertiary/aromatic N) is 4. The van der Waals surface area contributed by atoms with E-state index in [9.17, 15) is 4.79 Å². The van der Waals surface area contributed by atoms with Gasteiger partial charge in [-0.15, -0.1) is 0 Å². The molecule has 1 aromatic heterocycles. The number of likely N-dealkylation sites (N-methyl/N-ethyl adjacent to an activating group) is 1. The Morgan fingerprint density at radius 3 is 2.84 bits per heavy atom. The minimum absolute atomic E-state index is 0.120. The van der Waals surface area contributed by atoms with Crippen LogP contribution in [0.15, 0.2) is 12.4 Å². The highest BCUT2D eigenvalue weighted by molar-refractivity contribution is 5.84. The third-order valence-corrected chi connectivity index (χ3v) is 4.43. The van der Waals surface area contributed by atoms with Crippen molar-refractivity contribution in [3.8, 4) is 0 Å². The molecule has 104 valence electrons. The largest absolute Gasteiger partial charge is 0.371 e. The van der Waals surface area contributed by atoms with Crippen molar-refractivity contribution in [1.29, 1.82) is 0 Å². The monoisotopic (exact) mass is 264 g/mol. The Hall–Kier alpha value is -1.40. The molecule has 3 atom stereocenters. The number of aryl methyl sites for hydroxylation is 1. The van der Waals surface area contributed by atoms with Gasteiger partial charge in [0.2, 0.25) is 0 Å². The van der Waals surface area contributed by atoms with Crippen LogP contribution >= 0.6 is 0 Å². The zero-order chi connectivity index (χ0) is 13.6. The molecule has 6 nitrogen and oxygen atoms in total. The smallest absolute Gasteiger partial charge is 0.252 e. The van der Waals surface area contributed by atoms with Crippen molar-refractivity contribution in [2.75, 3.05) is 27.2 Å². The van der Waals surface area contributed by atoms with E-state index >= 15 is 0 Å². The van der Waals surface area contributed by atoms with Crippen molar-refractivity contribution in [1.82, 2.24) is 19.4 Å². The summed E-state index contributed by atoms with van der Waals surface area (Å²) >= 11 is 0. The molecular formula is C13H20N4O2. The van der Waals surface area contributed by atoms with E-state index in [0.717, 1.165) is 25.5 Å². The molecule has 0 spiro atoms. The maximum atomic E-state index is 12.0. The Balaban J connectivity index is 1.71. The van der Waals surface area contributed by atoms with E-state index < -0.39 is 0 Å². The lowest BCUT2D eigenvalue weighted by molar-refractivity contribution is -0.136. The molecule has 0 radical (unpaired) electrons. The molecule has 0 bridgehead atoms. The van der Waals surface area contributed by atoms with E-state index in [1.807, 2.05) is 36.0 Å². The van der Waals surface area contributed by atoms with Crippen LogP contribution in [0.4, 0.5) is 0 Å². The number of methoxy groups -OCH3 is 1. The molecular weight excluding hydrogens is 244 g/mol. The van der Waals surface area contributed by atoms with Gasteiger partial charge in [0.25, 0.3) is 5.91 Å². The van der Waals surface area contributed by atoms with Crippen molar-refractivity contribution in [3.63, 3.8) is 0 Å². The molecule has 0 N–H and O–H groups in total. The van der Waals surface area contributed by atoms with E-state index in [4.69, 9.17) is 4.74 Å². The highest BCUT2D eigenvalue weighted by Gasteiger charge is 2.51. The van der Waals surface area contributed by atoms with Gasteiger partial charge in [0.05, 0.1) is 12.6 Å². The SMILES string of the molecule is CO[C@@H]1C(=O)N(C)[C@@H]2CN(Cc3nccn3C)C[C@H]12. The molecule has 0 aliphatic carbocycles. The van der Waals surface area contributed by atoms with Crippen LogP contribution in [0.5, 0.6) is 0 Å². The summed E-state index contributed by atoms with van der Waals surface area (Å²) in [5, 5.41) is 0. The van der Waals surface area contributed by atoms with Crippen molar-refractivity contribution < 1.29 is 9.53 Å². The number of aromatic nitrogens is 2. The first kappa shape index (κ1) is 12.6. The van der Waals surface area contributed by atoms with Gasteiger partial charge in [-0.05, 0) is 0 Å². The van der Waals surface area contributed by atoms with Gasteiger partial charge in [-0.1, -0.05) is 0 Å². The number of ether oxygens (including phenoxy) is 1. The average molecular weight is 264 g/mol. The lowest BCUT2D eigenvalue weighted by atomic mass is 10.0. The number of rotatable bonds is 3. The van der Waals surface area contributed by atoms with Gasteiger partial charge >= 0.3 is 0 Å². The predicted molar refractivity (Wildman–Crippen MR) is 69.3 cm³/mol. The number of fused-ring (bicyclic) bond motifs is 1. The molecule has 0 aromatic carbocycles. The van der Waals surface area contributed by atoms with Crippen molar-refractivity contribution >= 4 is 5.91 Å². The second-order valence-corrected chi connectivity index (χ2v) is 5.49. The zero-order valence-electron chi connectivity index (χ0n) is 11.6. The Morgan fingerprint density at radius 1 is 1.42 bits per heavy atom. The van der Waals surface area contributed by atoms with Gasteiger partial charge in [-0.25, -0.2) is 4.98 Å². The van der Waals surface area contributed by atoms with Crippen molar-refractivity contribution in [2.24, 2.45) is 13.0 Å². The second-order valence-electron chi connectivity index (χ2n) is 5.49. The molecule has 0 saturated carbocycles. The van der Waals surface area contributed by atoms with Gasteiger partial charge in [-0.2, -0.15) is 0 Å². The van der Waals surface area contributed by atoms with Gasteiger partial charge in [0.15, 0.2) is 0 Å².